The summed E-state index contributed by atoms with van der Waals surface area (Å²) in [6.07, 6.45) is 4.29. The molecular formula is C17H31N3O. The standard InChI is InChI=1S/C17H31N3O/c1-6-20(7-2)13-9-10-15(5)19-17-16(21-14(3)4)11-8-12-18-17/h8,11-12,14-15H,6-7,9-10,13H2,1-5H3,(H,18,19). The molecule has 1 N–H and O–H groups in total. The fraction of sp³-hybridized carbons (Fsp3) is 0.706. The molecule has 0 aromatic carbocycles. The van der Waals surface area contributed by atoms with Gasteiger partial charge in [0.25, 0.3) is 0 Å². The van der Waals surface area contributed by atoms with Gasteiger partial charge in [0.05, 0.1) is 6.10 Å². The van der Waals surface area contributed by atoms with Crippen LogP contribution in [0.2, 0.25) is 0 Å². The van der Waals surface area contributed by atoms with E-state index in [2.05, 4.69) is 36.0 Å². The molecular weight excluding hydrogens is 262 g/mol. The normalized spacial score (nSPS) is 12.7. The number of anilines is 1. The predicted molar refractivity (Wildman–Crippen MR) is 90.1 cm³/mol. The smallest absolute Gasteiger partial charge is 0.168 e. The van der Waals surface area contributed by atoms with Crippen LogP contribution in [0.4, 0.5) is 5.82 Å². The predicted octanol–water partition coefficient (Wildman–Crippen LogP) is 3.79. The van der Waals surface area contributed by atoms with E-state index in [9.17, 15) is 0 Å². The second-order valence-corrected chi connectivity index (χ2v) is 5.73. The third kappa shape index (κ3) is 6.80. The summed E-state index contributed by atoms with van der Waals surface area (Å²) in [6, 6.07) is 4.27. The molecule has 1 heterocycles. The molecule has 0 radical (unpaired) electrons. The molecule has 0 fully saturated rings. The zero-order chi connectivity index (χ0) is 15.7. The minimum atomic E-state index is 0.160. The lowest BCUT2D eigenvalue weighted by atomic mass is 10.1. The van der Waals surface area contributed by atoms with Crippen molar-refractivity contribution in [3.05, 3.63) is 18.3 Å². The number of hydrogen-bond acceptors (Lipinski definition) is 4. The minimum Gasteiger partial charge on any atom is -0.487 e. The molecule has 0 aliphatic rings. The monoisotopic (exact) mass is 293 g/mol. The van der Waals surface area contributed by atoms with Gasteiger partial charge in [-0.15, -0.1) is 0 Å². The fourth-order valence-corrected chi connectivity index (χ4v) is 2.31. The van der Waals surface area contributed by atoms with Crippen molar-refractivity contribution >= 4 is 5.82 Å². The highest BCUT2D eigenvalue weighted by Crippen LogP contribution is 2.23. The van der Waals surface area contributed by atoms with Gasteiger partial charge in [0.2, 0.25) is 0 Å². The Morgan fingerprint density at radius 2 is 1.95 bits per heavy atom. The van der Waals surface area contributed by atoms with E-state index in [0.29, 0.717) is 6.04 Å². The Labute approximate surface area is 129 Å². The van der Waals surface area contributed by atoms with Crippen LogP contribution in [-0.2, 0) is 0 Å². The molecule has 1 rings (SSSR count). The van der Waals surface area contributed by atoms with Gasteiger partial charge in [0, 0.05) is 12.2 Å². The Bertz CT molecular complexity index is 391. The third-order valence-electron chi connectivity index (χ3n) is 3.52. The van der Waals surface area contributed by atoms with Crippen LogP contribution in [0.1, 0.15) is 47.5 Å². The molecule has 1 aromatic heterocycles. The van der Waals surface area contributed by atoms with Crippen LogP contribution >= 0.6 is 0 Å². The van der Waals surface area contributed by atoms with Crippen LogP contribution < -0.4 is 10.1 Å². The zero-order valence-corrected chi connectivity index (χ0v) is 14.2. The van der Waals surface area contributed by atoms with Crippen molar-refractivity contribution in [3.8, 4) is 5.75 Å². The lowest BCUT2D eigenvalue weighted by molar-refractivity contribution is 0.242. The molecule has 1 aromatic rings. The van der Waals surface area contributed by atoms with E-state index in [1.807, 2.05) is 26.0 Å². The topological polar surface area (TPSA) is 37.4 Å². The van der Waals surface area contributed by atoms with Gasteiger partial charge >= 0.3 is 0 Å². The van der Waals surface area contributed by atoms with E-state index >= 15 is 0 Å². The van der Waals surface area contributed by atoms with Crippen molar-refractivity contribution in [1.29, 1.82) is 0 Å². The van der Waals surface area contributed by atoms with Gasteiger partial charge in [-0.05, 0) is 65.4 Å². The van der Waals surface area contributed by atoms with Gasteiger partial charge in [-0.25, -0.2) is 4.98 Å². The molecule has 0 aliphatic carbocycles. The first kappa shape index (κ1) is 17.8. The first-order chi connectivity index (χ1) is 10.1. The van der Waals surface area contributed by atoms with Crippen LogP contribution in [0.3, 0.4) is 0 Å². The molecule has 21 heavy (non-hydrogen) atoms. The number of ether oxygens (including phenoxy) is 1. The van der Waals surface area contributed by atoms with Crippen LogP contribution in [0.25, 0.3) is 0 Å². The second kappa shape index (κ2) is 9.61. The van der Waals surface area contributed by atoms with E-state index in [-0.39, 0.29) is 6.10 Å². The van der Waals surface area contributed by atoms with Gasteiger partial charge in [0.1, 0.15) is 0 Å². The van der Waals surface area contributed by atoms with Crippen LogP contribution in [0.5, 0.6) is 5.75 Å². The Morgan fingerprint density at radius 3 is 2.57 bits per heavy atom. The van der Waals surface area contributed by atoms with Gasteiger partial charge in [-0.2, -0.15) is 0 Å². The van der Waals surface area contributed by atoms with Crippen molar-refractivity contribution in [3.63, 3.8) is 0 Å². The maximum atomic E-state index is 5.79. The number of hydrogen-bond donors (Lipinski definition) is 1. The summed E-state index contributed by atoms with van der Waals surface area (Å²) in [6.45, 7) is 14.1. The average molecular weight is 293 g/mol. The quantitative estimate of drug-likeness (QED) is 0.712. The Morgan fingerprint density at radius 1 is 1.24 bits per heavy atom. The van der Waals surface area contributed by atoms with Crippen molar-refractivity contribution in [2.75, 3.05) is 25.0 Å². The second-order valence-electron chi connectivity index (χ2n) is 5.73. The van der Waals surface area contributed by atoms with Crippen LogP contribution in [0, 0.1) is 0 Å². The van der Waals surface area contributed by atoms with Crippen molar-refractivity contribution in [2.45, 2.75) is 59.6 Å². The van der Waals surface area contributed by atoms with E-state index in [1.165, 1.54) is 6.42 Å². The van der Waals surface area contributed by atoms with E-state index < -0.39 is 0 Å². The highest BCUT2D eigenvalue weighted by molar-refractivity contribution is 5.50. The molecule has 4 nitrogen and oxygen atoms in total. The first-order valence-corrected chi connectivity index (χ1v) is 8.17. The fourth-order valence-electron chi connectivity index (χ4n) is 2.31. The van der Waals surface area contributed by atoms with E-state index in [1.54, 1.807) is 6.20 Å². The van der Waals surface area contributed by atoms with Gasteiger partial charge in [-0.1, -0.05) is 13.8 Å². The number of nitrogens with zero attached hydrogens (tertiary/aromatic N) is 2. The summed E-state index contributed by atoms with van der Waals surface area (Å²) in [5, 5.41) is 3.47. The molecule has 0 bridgehead atoms. The Hall–Kier alpha value is -1.29. The van der Waals surface area contributed by atoms with Gasteiger partial charge in [-0.3, -0.25) is 0 Å². The lowest BCUT2D eigenvalue weighted by Crippen LogP contribution is -2.26. The number of aromatic nitrogens is 1. The lowest BCUT2D eigenvalue weighted by Gasteiger charge is -2.21. The molecule has 0 amide bonds. The van der Waals surface area contributed by atoms with Crippen molar-refractivity contribution in [2.24, 2.45) is 0 Å². The molecule has 1 unspecified atom stereocenters. The third-order valence-corrected chi connectivity index (χ3v) is 3.52. The largest absolute Gasteiger partial charge is 0.487 e. The first-order valence-electron chi connectivity index (χ1n) is 8.17. The molecule has 4 heteroatoms. The SMILES string of the molecule is CCN(CC)CCCC(C)Nc1ncccc1OC(C)C. The Kier molecular flexibility index (Phi) is 8.13. The van der Waals surface area contributed by atoms with Crippen molar-refractivity contribution in [1.82, 2.24) is 9.88 Å². The molecule has 0 saturated carbocycles. The maximum Gasteiger partial charge on any atom is 0.168 e. The summed E-state index contributed by atoms with van der Waals surface area (Å²) >= 11 is 0. The molecule has 1 atom stereocenters. The minimum absolute atomic E-state index is 0.160. The number of pyridine rings is 1. The summed E-state index contributed by atoms with van der Waals surface area (Å²) in [5.74, 6) is 1.68. The van der Waals surface area contributed by atoms with Gasteiger partial charge < -0.3 is 15.0 Å². The van der Waals surface area contributed by atoms with E-state index in [4.69, 9.17) is 4.74 Å². The Balaban J connectivity index is 2.45. The molecule has 0 saturated heterocycles. The van der Waals surface area contributed by atoms with E-state index in [0.717, 1.165) is 37.6 Å². The zero-order valence-electron chi connectivity index (χ0n) is 14.2. The highest BCUT2D eigenvalue weighted by atomic mass is 16.5. The number of nitrogens with one attached hydrogen (secondary N) is 1. The highest BCUT2D eigenvalue weighted by Gasteiger charge is 2.10. The van der Waals surface area contributed by atoms with Crippen molar-refractivity contribution < 1.29 is 4.74 Å². The molecule has 0 aliphatic heterocycles. The molecule has 0 spiro atoms. The summed E-state index contributed by atoms with van der Waals surface area (Å²) in [5.41, 5.74) is 0. The summed E-state index contributed by atoms with van der Waals surface area (Å²) < 4.78 is 5.79. The van der Waals surface area contributed by atoms with Gasteiger partial charge in [0.15, 0.2) is 11.6 Å². The maximum absolute atomic E-state index is 5.79. The summed E-state index contributed by atoms with van der Waals surface area (Å²) in [4.78, 5) is 6.86. The number of rotatable bonds is 10. The van der Waals surface area contributed by atoms with Crippen LogP contribution in [-0.4, -0.2) is 41.7 Å². The summed E-state index contributed by atoms with van der Waals surface area (Å²) in [7, 11) is 0. The average Bonchev–Trinajstić information content (AvgIpc) is 2.45. The molecule has 120 valence electrons. The van der Waals surface area contributed by atoms with Crippen LogP contribution in [0.15, 0.2) is 18.3 Å².